The molecule has 0 radical (unpaired) electrons. The number of methoxy groups -OCH3 is 3. The van der Waals surface area contributed by atoms with E-state index in [4.69, 9.17) is 23.7 Å². The van der Waals surface area contributed by atoms with Crippen LogP contribution >= 0.6 is 0 Å². The smallest absolute Gasteiger partial charge is 0.186 e. The fraction of sp³-hybridized carbons (Fsp3) is 0.440. The van der Waals surface area contributed by atoms with E-state index in [1.807, 2.05) is 42.5 Å². The summed E-state index contributed by atoms with van der Waals surface area (Å²) in [4.78, 5) is 0. The molecule has 0 bridgehead atoms. The molecule has 0 unspecified atom stereocenters. The minimum atomic E-state index is -1.20. The molecule has 0 aromatic heterocycles. The zero-order valence-corrected chi connectivity index (χ0v) is 18.9. The Labute approximate surface area is 193 Å². The van der Waals surface area contributed by atoms with Crippen LogP contribution < -0.4 is 9.47 Å². The van der Waals surface area contributed by atoms with Crippen LogP contribution in [-0.4, -0.2) is 74.0 Å². The van der Waals surface area contributed by atoms with Gasteiger partial charge in [0.25, 0.3) is 0 Å². The highest BCUT2D eigenvalue weighted by atomic mass is 16.7. The molecule has 0 amide bonds. The molecule has 178 valence electrons. The maximum absolute atomic E-state index is 10.4. The van der Waals surface area contributed by atoms with E-state index in [0.717, 1.165) is 28.2 Å². The molecule has 1 aliphatic rings. The fourth-order valence-corrected chi connectivity index (χ4v) is 3.71. The highest BCUT2D eigenvalue weighted by molar-refractivity contribution is 5.48. The molecule has 33 heavy (non-hydrogen) atoms. The lowest BCUT2D eigenvalue weighted by Crippen LogP contribution is -2.59. The van der Waals surface area contributed by atoms with E-state index in [-0.39, 0.29) is 6.61 Å². The van der Waals surface area contributed by atoms with E-state index in [9.17, 15) is 15.3 Å². The summed E-state index contributed by atoms with van der Waals surface area (Å²) in [6, 6.07) is 13.1. The van der Waals surface area contributed by atoms with Gasteiger partial charge >= 0.3 is 0 Å². The van der Waals surface area contributed by atoms with Crippen LogP contribution in [0.3, 0.4) is 0 Å². The van der Waals surface area contributed by atoms with Crippen LogP contribution in [0.15, 0.2) is 42.5 Å². The summed E-state index contributed by atoms with van der Waals surface area (Å²) in [5.74, 6) is 7.72. The lowest BCUT2D eigenvalue weighted by molar-refractivity contribution is -0.303. The average molecular weight is 459 g/mol. The molecule has 2 aromatic carbocycles. The Morgan fingerprint density at radius 1 is 0.970 bits per heavy atom. The fourth-order valence-electron chi connectivity index (χ4n) is 3.71. The third-order valence-corrected chi connectivity index (χ3v) is 5.45. The second kappa shape index (κ2) is 12.0. The van der Waals surface area contributed by atoms with Crippen LogP contribution in [0.4, 0.5) is 0 Å². The Morgan fingerprint density at radius 2 is 1.67 bits per heavy atom. The SMILES string of the molecule is COc1cccc(OC)c1CC#Cc1cccc(CO[C@H]2[C@@H](O)[C@@H](CO)O[C@@H](OC)[C@@H]2O)c1. The van der Waals surface area contributed by atoms with E-state index < -0.39 is 37.3 Å². The maximum Gasteiger partial charge on any atom is 0.186 e. The first-order valence-electron chi connectivity index (χ1n) is 10.6. The van der Waals surface area contributed by atoms with Gasteiger partial charge in [0, 0.05) is 24.7 Å². The van der Waals surface area contributed by atoms with Crippen molar-refractivity contribution in [2.45, 2.75) is 43.7 Å². The quantitative estimate of drug-likeness (QED) is 0.508. The van der Waals surface area contributed by atoms with Gasteiger partial charge in [-0.05, 0) is 29.8 Å². The van der Waals surface area contributed by atoms with E-state index >= 15 is 0 Å². The monoisotopic (exact) mass is 458 g/mol. The van der Waals surface area contributed by atoms with Gasteiger partial charge in [-0.25, -0.2) is 0 Å². The van der Waals surface area contributed by atoms with Gasteiger partial charge in [-0.2, -0.15) is 0 Å². The van der Waals surface area contributed by atoms with Crippen molar-refractivity contribution in [2.24, 2.45) is 0 Å². The summed E-state index contributed by atoms with van der Waals surface area (Å²) in [6.45, 7) is -0.293. The van der Waals surface area contributed by atoms with E-state index in [1.54, 1.807) is 14.2 Å². The maximum atomic E-state index is 10.4. The molecule has 3 N–H and O–H groups in total. The van der Waals surface area contributed by atoms with Crippen molar-refractivity contribution in [3.8, 4) is 23.3 Å². The summed E-state index contributed by atoms with van der Waals surface area (Å²) in [6.07, 6.45) is -4.84. The molecule has 0 aliphatic carbocycles. The number of benzene rings is 2. The summed E-state index contributed by atoms with van der Waals surface area (Å²) in [5.41, 5.74) is 2.49. The van der Waals surface area contributed by atoms with E-state index in [2.05, 4.69) is 11.8 Å². The predicted molar refractivity (Wildman–Crippen MR) is 120 cm³/mol. The minimum absolute atomic E-state index is 0.128. The largest absolute Gasteiger partial charge is 0.496 e. The molecule has 1 fully saturated rings. The number of aliphatic hydroxyl groups excluding tert-OH is 3. The van der Waals surface area contributed by atoms with Crippen LogP contribution in [-0.2, 0) is 27.2 Å². The van der Waals surface area contributed by atoms with Gasteiger partial charge in [-0.15, -0.1) is 0 Å². The van der Waals surface area contributed by atoms with Crippen LogP contribution in [0.25, 0.3) is 0 Å². The van der Waals surface area contributed by atoms with Gasteiger partial charge in [0.1, 0.15) is 35.9 Å². The Balaban J connectivity index is 1.68. The van der Waals surface area contributed by atoms with Gasteiger partial charge in [0.15, 0.2) is 6.29 Å². The van der Waals surface area contributed by atoms with Gasteiger partial charge in [0.2, 0.25) is 0 Å². The third-order valence-electron chi connectivity index (χ3n) is 5.45. The first-order valence-corrected chi connectivity index (χ1v) is 10.6. The van der Waals surface area contributed by atoms with Crippen molar-refractivity contribution in [2.75, 3.05) is 27.9 Å². The lowest BCUT2D eigenvalue weighted by atomic mass is 9.99. The standard InChI is InChI=1S/C25H30O8/c1-29-19-11-6-12-20(30-2)18(19)10-5-8-16-7-4-9-17(13-16)15-32-24-22(27)21(14-26)33-25(31-3)23(24)28/h4,6-7,9,11-13,21-28H,10,14-15H2,1-3H3/t21-,22+,23-,24+,25-/m1/s1. The molecule has 1 heterocycles. The molecule has 0 spiro atoms. The summed E-state index contributed by atoms with van der Waals surface area (Å²) in [7, 11) is 4.60. The number of hydrogen-bond acceptors (Lipinski definition) is 8. The number of ether oxygens (including phenoxy) is 5. The molecule has 2 aromatic rings. The van der Waals surface area contributed by atoms with Crippen LogP contribution in [0.2, 0.25) is 0 Å². The molecule has 8 heteroatoms. The van der Waals surface area contributed by atoms with Crippen LogP contribution in [0.1, 0.15) is 16.7 Å². The average Bonchev–Trinajstić information content (AvgIpc) is 2.84. The molecule has 1 saturated heterocycles. The second-order valence-electron chi connectivity index (χ2n) is 7.54. The van der Waals surface area contributed by atoms with Crippen molar-refractivity contribution >= 4 is 0 Å². The van der Waals surface area contributed by atoms with Gasteiger partial charge in [-0.3, -0.25) is 0 Å². The second-order valence-corrected chi connectivity index (χ2v) is 7.54. The molecule has 5 atom stereocenters. The Bertz CT molecular complexity index is 928. The highest BCUT2D eigenvalue weighted by Crippen LogP contribution is 2.28. The molecular weight excluding hydrogens is 428 g/mol. The topological polar surface area (TPSA) is 107 Å². The van der Waals surface area contributed by atoms with Gasteiger partial charge in [0.05, 0.1) is 27.4 Å². The normalized spacial score (nSPS) is 24.6. The third kappa shape index (κ3) is 6.03. The number of rotatable bonds is 8. The Kier molecular flexibility index (Phi) is 9.09. The molecule has 3 rings (SSSR count). The van der Waals surface area contributed by atoms with Crippen molar-refractivity contribution in [1.82, 2.24) is 0 Å². The highest BCUT2D eigenvalue weighted by Gasteiger charge is 2.45. The first-order chi connectivity index (χ1) is 16.0. The predicted octanol–water partition coefficient (Wildman–Crippen LogP) is 1.27. The minimum Gasteiger partial charge on any atom is -0.496 e. The molecule has 8 nitrogen and oxygen atoms in total. The van der Waals surface area contributed by atoms with Crippen molar-refractivity contribution < 1.29 is 39.0 Å². The number of aliphatic hydroxyl groups is 3. The summed E-state index contributed by atoms with van der Waals surface area (Å²) in [5, 5.41) is 30.2. The first kappa shape index (κ1) is 25.0. The zero-order valence-electron chi connectivity index (χ0n) is 18.9. The summed E-state index contributed by atoms with van der Waals surface area (Å²) >= 11 is 0. The number of hydrogen-bond donors (Lipinski definition) is 3. The van der Waals surface area contributed by atoms with Crippen LogP contribution in [0.5, 0.6) is 11.5 Å². The summed E-state index contributed by atoms with van der Waals surface area (Å²) < 4.78 is 27.0. The zero-order chi connectivity index (χ0) is 23.8. The molecule has 0 saturated carbocycles. The van der Waals surface area contributed by atoms with Crippen molar-refractivity contribution in [3.05, 3.63) is 59.2 Å². The van der Waals surface area contributed by atoms with Gasteiger partial charge in [-0.1, -0.05) is 30.0 Å². The van der Waals surface area contributed by atoms with Gasteiger partial charge < -0.3 is 39.0 Å². The van der Waals surface area contributed by atoms with E-state index in [0.29, 0.717) is 6.42 Å². The molecule has 1 aliphatic heterocycles. The Morgan fingerprint density at radius 3 is 2.30 bits per heavy atom. The van der Waals surface area contributed by atoms with Crippen molar-refractivity contribution in [1.29, 1.82) is 0 Å². The lowest BCUT2D eigenvalue weighted by Gasteiger charge is -2.41. The molecular formula is C25H30O8. The van der Waals surface area contributed by atoms with Crippen LogP contribution in [0, 0.1) is 11.8 Å². The van der Waals surface area contributed by atoms with E-state index in [1.165, 1.54) is 7.11 Å². The Hall–Kier alpha value is -2.64. The van der Waals surface area contributed by atoms with Crippen molar-refractivity contribution in [3.63, 3.8) is 0 Å².